The lowest BCUT2D eigenvalue weighted by atomic mass is 10.1. The third kappa shape index (κ3) is 2.48. The number of pyridine rings is 1. The topological polar surface area (TPSA) is 28.2 Å². The molecule has 1 aliphatic rings. The molecule has 0 saturated carbocycles. The number of aryl methyl sites for hydroxylation is 1. The molecule has 2 atom stereocenters. The van der Waals surface area contributed by atoms with E-state index in [1.165, 1.54) is 5.56 Å². The third-order valence-corrected chi connectivity index (χ3v) is 2.78. The summed E-state index contributed by atoms with van der Waals surface area (Å²) >= 11 is 0. The lowest BCUT2D eigenvalue weighted by Gasteiger charge is -2.36. The Kier molecular flexibility index (Phi) is 2.91. The highest BCUT2D eigenvalue weighted by molar-refractivity contribution is 5.40. The Bertz CT molecular complexity index is 310. The number of piperazine rings is 1. The maximum Gasteiger partial charge on any atom is 0.128 e. The van der Waals surface area contributed by atoms with Gasteiger partial charge in [0.1, 0.15) is 5.82 Å². The maximum atomic E-state index is 4.47. The molecule has 1 aliphatic heterocycles. The average molecular weight is 205 g/mol. The van der Waals surface area contributed by atoms with Gasteiger partial charge in [0.05, 0.1) is 0 Å². The van der Waals surface area contributed by atoms with Crippen molar-refractivity contribution in [2.75, 3.05) is 18.0 Å². The summed E-state index contributed by atoms with van der Waals surface area (Å²) in [6.07, 6.45) is 1.94. The van der Waals surface area contributed by atoms with Gasteiger partial charge in [-0.2, -0.15) is 0 Å². The molecule has 1 fully saturated rings. The predicted octanol–water partition coefficient (Wildman–Crippen LogP) is 1.58. The first-order valence-corrected chi connectivity index (χ1v) is 5.59. The highest BCUT2D eigenvalue weighted by atomic mass is 15.2. The second kappa shape index (κ2) is 4.19. The van der Waals surface area contributed by atoms with Gasteiger partial charge < -0.3 is 10.2 Å². The number of anilines is 1. The molecule has 2 heterocycles. The zero-order chi connectivity index (χ0) is 10.8. The molecule has 2 rings (SSSR count). The van der Waals surface area contributed by atoms with Crippen LogP contribution in [0.2, 0.25) is 0 Å². The molecule has 0 radical (unpaired) electrons. The molecule has 0 aliphatic carbocycles. The minimum Gasteiger partial charge on any atom is -0.354 e. The molecule has 15 heavy (non-hydrogen) atoms. The zero-order valence-electron chi connectivity index (χ0n) is 9.70. The van der Waals surface area contributed by atoms with Gasteiger partial charge >= 0.3 is 0 Å². The quantitative estimate of drug-likeness (QED) is 0.754. The zero-order valence-corrected chi connectivity index (χ0v) is 9.70. The van der Waals surface area contributed by atoms with Crippen molar-refractivity contribution in [3.63, 3.8) is 0 Å². The van der Waals surface area contributed by atoms with E-state index in [9.17, 15) is 0 Å². The molecular formula is C12H19N3. The Hall–Kier alpha value is -1.09. The van der Waals surface area contributed by atoms with Gasteiger partial charge in [-0.05, 0) is 32.4 Å². The summed E-state index contributed by atoms with van der Waals surface area (Å²) < 4.78 is 0. The van der Waals surface area contributed by atoms with Crippen molar-refractivity contribution in [3.8, 4) is 0 Å². The fourth-order valence-corrected chi connectivity index (χ4v) is 2.16. The smallest absolute Gasteiger partial charge is 0.128 e. The summed E-state index contributed by atoms with van der Waals surface area (Å²) in [6, 6.07) is 5.31. The van der Waals surface area contributed by atoms with Crippen LogP contribution in [0.5, 0.6) is 0 Å². The molecule has 0 bridgehead atoms. The summed E-state index contributed by atoms with van der Waals surface area (Å²) in [7, 11) is 0. The van der Waals surface area contributed by atoms with Crippen LogP contribution < -0.4 is 10.2 Å². The second-order valence-electron chi connectivity index (χ2n) is 4.57. The summed E-state index contributed by atoms with van der Waals surface area (Å²) in [5.74, 6) is 1.10. The van der Waals surface area contributed by atoms with Crippen LogP contribution in [0.1, 0.15) is 19.4 Å². The molecule has 1 saturated heterocycles. The van der Waals surface area contributed by atoms with E-state index in [1.807, 2.05) is 6.20 Å². The highest BCUT2D eigenvalue weighted by Crippen LogP contribution is 2.14. The lowest BCUT2D eigenvalue weighted by molar-refractivity contribution is 0.405. The van der Waals surface area contributed by atoms with E-state index >= 15 is 0 Å². The number of aromatic nitrogens is 1. The van der Waals surface area contributed by atoms with E-state index in [1.54, 1.807) is 0 Å². The molecule has 0 amide bonds. The molecule has 1 aromatic heterocycles. The molecule has 0 aromatic carbocycles. The van der Waals surface area contributed by atoms with Crippen molar-refractivity contribution >= 4 is 5.82 Å². The summed E-state index contributed by atoms with van der Waals surface area (Å²) in [4.78, 5) is 6.82. The fraction of sp³-hybridized carbons (Fsp3) is 0.583. The molecular weight excluding hydrogens is 186 g/mol. The van der Waals surface area contributed by atoms with E-state index in [0.717, 1.165) is 18.9 Å². The number of nitrogens with zero attached hydrogens (tertiary/aromatic N) is 2. The van der Waals surface area contributed by atoms with Crippen molar-refractivity contribution in [2.24, 2.45) is 0 Å². The standard InChI is InChI=1S/C12H19N3/c1-9-4-5-12(13-6-9)15-7-10(2)14-11(3)8-15/h4-6,10-11,14H,7-8H2,1-3H3. The van der Waals surface area contributed by atoms with Gasteiger partial charge in [0.2, 0.25) is 0 Å². The third-order valence-electron chi connectivity index (χ3n) is 2.78. The Morgan fingerprint density at radius 3 is 2.47 bits per heavy atom. The normalized spacial score (nSPS) is 26.7. The minimum absolute atomic E-state index is 0.539. The number of rotatable bonds is 1. The summed E-state index contributed by atoms with van der Waals surface area (Å²) in [6.45, 7) is 8.59. The lowest BCUT2D eigenvalue weighted by Crippen LogP contribution is -2.54. The number of nitrogens with one attached hydrogen (secondary N) is 1. The second-order valence-corrected chi connectivity index (χ2v) is 4.57. The minimum atomic E-state index is 0.539. The summed E-state index contributed by atoms with van der Waals surface area (Å²) in [5.41, 5.74) is 1.22. The Balaban J connectivity index is 2.12. The predicted molar refractivity (Wildman–Crippen MR) is 63.2 cm³/mol. The number of hydrogen-bond donors (Lipinski definition) is 1. The van der Waals surface area contributed by atoms with Crippen LogP contribution in [-0.2, 0) is 0 Å². The van der Waals surface area contributed by atoms with Gasteiger partial charge in [0.15, 0.2) is 0 Å². The van der Waals surface area contributed by atoms with Crippen LogP contribution in [0.4, 0.5) is 5.82 Å². The highest BCUT2D eigenvalue weighted by Gasteiger charge is 2.21. The molecule has 1 aromatic rings. The van der Waals surface area contributed by atoms with E-state index in [0.29, 0.717) is 12.1 Å². The maximum absolute atomic E-state index is 4.47. The van der Waals surface area contributed by atoms with Crippen molar-refractivity contribution < 1.29 is 0 Å². The van der Waals surface area contributed by atoms with Crippen LogP contribution >= 0.6 is 0 Å². The average Bonchev–Trinajstić information content (AvgIpc) is 2.17. The largest absolute Gasteiger partial charge is 0.354 e. The van der Waals surface area contributed by atoms with Gasteiger partial charge in [-0.3, -0.25) is 0 Å². The van der Waals surface area contributed by atoms with Crippen molar-refractivity contribution in [2.45, 2.75) is 32.9 Å². The Morgan fingerprint density at radius 2 is 1.93 bits per heavy atom. The van der Waals surface area contributed by atoms with Crippen LogP contribution in [-0.4, -0.2) is 30.2 Å². The monoisotopic (exact) mass is 205 g/mol. The van der Waals surface area contributed by atoms with Crippen molar-refractivity contribution in [1.29, 1.82) is 0 Å². The first-order chi connectivity index (χ1) is 7.15. The Morgan fingerprint density at radius 1 is 1.27 bits per heavy atom. The molecule has 3 nitrogen and oxygen atoms in total. The first-order valence-electron chi connectivity index (χ1n) is 5.59. The Labute approximate surface area is 91.5 Å². The summed E-state index contributed by atoms with van der Waals surface area (Å²) in [5, 5.41) is 3.52. The van der Waals surface area contributed by atoms with Gasteiger partial charge in [-0.15, -0.1) is 0 Å². The molecule has 0 spiro atoms. The van der Waals surface area contributed by atoms with Gasteiger partial charge in [0.25, 0.3) is 0 Å². The van der Waals surface area contributed by atoms with Crippen LogP contribution in [0, 0.1) is 6.92 Å². The molecule has 1 N–H and O–H groups in total. The van der Waals surface area contributed by atoms with Gasteiger partial charge in [-0.1, -0.05) is 6.07 Å². The fourth-order valence-electron chi connectivity index (χ4n) is 2.16. The van der Waals surface area contributed by atoms with Gasteiger partial charge in [-0.25, -0.2) is 4.98 Å². The SMILES string of the molecule is Cc1ccc(N2CC(C)NC(C)C2)nc1. The van der Waals surface area contributed by atoms with E-state index in [-0.39, 0.29) is 0 Å². The molecule has 3 heteroatoms. The number of hydrogen-bond acceptors (Lipinski definition) is 3. The van der Waals surface area contributed by atoms with Crippen molar-refractivity contribution in [3.05, 3.63) is 23.9 Å². The van der Waals surface area contributed by atoms with E-state index in [2.05, 4.69) is 48.1 Å². The van der Waals surface area contributed by atoms with Crippen LogP contribution in [0.15, 0.2) is 18.3 Å². The van der Waals surface area contributed by atoms with Crippen molar-refractivity contribution in [1.82, 2.24) is 10.3 Å². The molecule has 2 unspecified atom stereocenters. The van der Waals surface area contributed by atoms with Gasteiger partial charge in [0, 0.05) is 31.4 Å². The first kappa shape index (κ1) is 10.4. The van der Waals surface area contributed by atoms with Crippen LogP contribution in [0.3, 0.4) is 0 Å². The molecule has 82 valence electrons. The van der Waals surface area contributed by atoms with E-state index < -0.39 is 0 Å². The van der Waals surface area contributed by atoms with Crippen LogP contribution in [0.25, 0.3) is 0 Å². The van der Waals surface area contributed by atoms with E-state index in [4.69, 9.17) is 0 Å².